The second-order valence-corrected chi connectivity index (χ2v) is 8.52. The van der Waals surface area contributed by atoms with E-state index in [2.05, 4.69) is 5.32 Å². The molecule has 0 radical (unpaired) electrons. The van der Waals surface area contributed by atoms with Gasteiger partial charge in [0.05, 0.1) is 4.91 Å². The first-order chi connectivity index (χ1) is 14.5. The Labute approximate surface area is 182 Å². The van der Waals surface area contributed by atoms with Gasteiger partial charge in [-0.15, -0.1) is 0 Å². The topological polar surface area (TPSA) is 66.5 Å². The van der Waals surface area contributed by atoms with E-state index in [4.69, 9.17) is 11.6 Å². The Morgan fingerprint density at radius 2 is 1.93 bits per heavy atom. The van der Waals surface area contributed by atoms with Gasteiger partial charge in [-0.3, -0.25) is 19.3 Å². The van der Waals surface area contributed by atoms with Gasteiger partial charge in [0.1, 0.15) is 5.82 Å². The molecular weight excluding hydrogens is 427 g/mol. The van der Waals surface area contributed by atoms with Crippen LogP contribution in [0.4, 0.5) is 9.18 Å². The fourth-order valence-electron chi connectivity index (χ4n) is 3.45. The SMILES string of the molecule is O=C(NCCN1C(=O)S/C(=C\c2ccccc2F)C1=O)C1CC1c1ccccc1Cl. The molecule has 0 bridgehead atoms. The first kappa shape index (κ1) is 20.6. The highest BCUT2D eigenvalue weighted by Gasteiger charge is 2.44. The minimum Gasteiger partial charge on any atom is -0.354 e. The third kappa shape index (κ3) is 4.27. The maximum absolute atomic E-state index is 13.8. The molecule has 0 spiro atoms. The zero-order valence-electron chi connectivity index (χ0n) is 15.8. The molecule has 2 aromatic carbocycles. The van der Waals surface area contributed by atoms with E-state index in [0.717, 1.165) is 28.6 Å². The molecule has 1 N–H and O–H groups in total. The molecule has 0 aromatic heterocycles. The summed E-state index contributed by atoms with van der Waals surface area (Å²) in [7, 11) is 0. The van der Waals surface area contributed by atoms with Crippen molar-refractivity contribution in [2.45, 2.75) is 12.3 Å². The van der Waals surface area contributed by atoms with Crippen LogP contribution in [-0.4, -0.2) is 35.0 Å². The van der Waals surface area contributed by atoms with E-state index >= 15 is 0 Å². The van der Waals surface area contributed by atoms with Crippen LogP contribution >= 0.6 is 23.4 Å². The quantitative estimate of drug-likeness (QED) is 0.669. The number of halogens is 2. The van der Waals surface area contributed by atoms with Crippen LogP contribution in [0.1, 0.15) is 23.5 Å². The van der Waals surface area contributed by atoms with E-state index < -0.39 is 17.0 Å². The lowest BCUT2D eigenvalue weighted by Crippen LogP contribution is -2.37. The summed E-state index contributed by atoms with van der Waals surface area (Å²) in [5.41, 5.74) is 1.21. The van der Waals surface area contributed by atoms with Crippen molar-refractivity contribution >= 4 is 46.5 Å². The van der Waals surface area contributed by atoms with E-state index in [1.807, 2.05) is 18.2 Å². The van der Waals surface area contributed by atoms with Gasteiger partial charge in [0, 0.05) is 29.6 Å². The number of rotatable bonds is 6. The predicted molar refractivity (Wildman–Crippen MR) is 114 cm³/mol. The minimum absolute atomic E-state index is 0.0640. The summed E-state index contributed by atoms with van der Waals surface area (Å²) in [6.07, 6.45) is 2.10. The fraction of sp³-hybridized carbons (Fsp3) is 0.227. The molecule has 8 heteroatoms. The lowest BCUT2D eigenvalue weighted by molar-refractivity contribution is -0.124. The van der Waals surface area contributed by atoms with Gasteiger partial charge in [-0.1, -0.05) is 48.0 Å². The van der Waals surface area contributed by atoms with Gasteiger partial charge in [-0.25, -0.2) is 4.39 Å². The summed E-state index contributed by atoms with van der Waals surface area (Å²) in [4.78, 5) is 38.3. The Morgan fingerprint density at radius 3 is 2.70 bits per heavy atom. The number of imide groups is 1. The Bertz CT molecular complexity index is 1060. The van der Waals surface area contributed by atoms with Gasteiger partial charge in [-0.05, 0) is 47.9 Å². The van der Waals surface area contributed by atoms with Crippen LogP contribution in [0.3, 0.4) is 0 Å². The van der Waals surface area contributed by atoms with Crippen molar-refractivity contribution in [3.63, 3.8) is 0 Å². The first-order valence-electron chi connectivity index (χ1n) is 9.47. The van der Waals surface area contributed by atoms with Crippen LogP contribution in [-0.2, 0) is 9.59 Å². The van der Waals surface area contributed by atoms with E-state index in [-0.39, 0.29) is 41.3 Å². The molecule has 1 heterocycles. The molecule has 1 saturated heterocycles. The molecule has 3 amide bonds. The van der Waals surface area contributed by atoms with Crippen LogP contribution in [0.25, 0.3) is 6.08 Å². The van der Waals surface area contributed by atoms with E-state index in [1.165, 1.54) is 18.2 Å². The first-order valence-corrected chi connectivity index (χ1v) is 10.7. The van der Waals surface area contributed by atoms with E-state index in [1.54, 1.807) is 18.2 Å². The molecule has 1 aliphatic heterocycles. The highest BCUT2D eigenvalue weighted by Crippen LogP contribution is 2.49. The van der Waals surface area contributed by atoms with Crippen molar-refractivity contribution in [2.75, 3.05) is 13.1 Å². The number of hydrogen-bond acceptors (Lipinski definition) is 4. The number of amides is 3. The smallest absolute Gasteiger partial charge is 0.293 e. The normalized spacial score (nSPS) is 21.9. The monoisotopic (exact) mass is 444 g/mol. The summed E-state index contributed by atoms with van der Waals surface area (Å²) < 4.78 is 13.8. The molecule has 2 aromatic rings. The zero-order valence-corrected chi connectivity index (χ0v) is 17.4. The third-order valence-electron chi connectivity index (χ3n) is 5.13. The maximum atomic E-state index is 13.8. The van der Waals surface area contributed by atoms with Crippen LogP contribution in [0.15, 0.2) is 53.4 Å². The summed E-state index contributed by atoms with van der Waals surface area (Å²) >= 11 is 6.96. The number of carbonyl (C=O) groups excluding carboxylic acids is 3. The van der Waals surface area contributed by atoms with Gasteiger partial charge in [0.25, 0.3) is 11.1 Å². The van der Waals surface area contributed by atoms with E-state index in [9.17, 15) is 18.8 Å². The molecular formula is C22H18ClFN2O3S. The molecule has 1 saturated carbocycles. The molecule has 2 unspecified atom stereocenters. The molecule has 154 valence electrons. The number of nitrogens with zero attached hydrogens (tertiary/aromatic N) is 1. The average Bonchev–Trinajstić information content (AvgIpc) is 3.47. The van der Waals surface area contributed by atoms with Crippen LogP contribution in [0, 0.1) is 11.7 Å². The second kappa shape index (κ2) is 8.62. The van der Waals surface area contributed by atoms with Crippen molar-refractivity contribution in [1.29, 1.82) is 0 Å². The number of nitrogens with one attached hydrogen (secondary N) is 1. The maximum Gasteiger partial charge on any atom is 0.293 e. The molecule has 1 aliphatic carbocycles. The fourth-order valence-corrected chi connectivity index (χ4v) is 4.58. The molecule has 30 heavy (non-hydrogen) atoms. The Balaban J connectivity index is 1.31. The van der Waals surface area contributed by atoms with Crippen molar-refractivity contribution in [1.82, 2.24) is 10.2 Å². The van der Waals surface area contributed by atoms with Gasteiger partial charge < -0.3 is 5.32 Å². The molecule has 5 nitrogen and oxygen atoms in total. The van der Waals surface area contributed by atoms with Gasteiger partial charge in [0.15, 0.2) is 0 Å². The van der Waals surface area contributed by atoms with Gasteiger partial charge in [-0.2, -0.15) is 0 Å². The van der Waals surface area contributed by atoms with Crippen molar-refractivity contribution in [2.24, 2.45) is 5.92 Å². The summed E-state index contributed by atoms with van der Waals surface area (Å²) in [5, 5.41) is 3.01. The zero-order chi connectivity index (χ0) is 21.3. The van der Waals surface area contributed by atoms with Crippen LogP contribution < -0.4 is 5.32 Å². The summed E-state index contributed by atoms with van der Waals surface area (Å²) in [6.45, 7) is 0.226. The highest BCUT2D eigenvalue weighted by atomic mass is 35.5. The Morgan fingerprint density at radius 1 is 1.20 bits per heavy atom. The molecule has 2 fully saturated rings. The second-order valence-electron chi connectivity index (χ2n) is 7.12. The number of hydrogen-bond donors (Lipinski definition) is 1. The van der Waals surface area contributed by atoms with Gasteiger partial charge >= 0.3 is 0 Å². The molecule has 2 atom stereocenters. The molecule has 2 aliphatic rings. The number of carbonyl (C=O) groups is 3. The number of thioether (sulfide) groups is 1. The standard InChI is InChI=1S/C22H18ClFN2O3S/c23-17-7-3-2-6-14(17)15-12-16(15)20(27)25-9-10-26-21(28)19(30-22(26)29)11-13-5-1-4-8-18(13)24/h1-8,11,15-16H,9-10,12H2,(H,25,27)/b19-11-. The third-order valence-corrected chi connectivity index (χ3v) is 6.38. The number of benzene rings is 2. The highest BCUT2D eigenvalue weighted by molar-refractivity contribution is 8.18. The molecule has 4 rings (SSSR count). The minimum atomic E-state index is -0.483. The van der Waals surface area contributed by atoms with Crippen LogP contribution in [0.2, 0.25) is 5.02 Å². The lowest BCUT2D eigenvalue weighted by Gasteiger charge is -2.13. The van der Waals surface area contributed by atoms with E-state index in [0.29, 0.717) is 5.02 Å². The average molecular weight is 445 g/mol. The lowest BCUT2D eigenvalue weighted by atomic mass is 10.1. The summed E-state index contributed by atoms with van der Waals surface area (Å²) in [5.74, 6) is -1.12. The van der Waals surface area contributed by atoms with Crippen molar-refractivity contribution in [3.8, 4) is 0 Å². The summed E-state index contributed by atoms with van der Waals surface area (Å²) in [6, 6.07) is 13.5. The van der Waals surface area contributed by atoms with Crippen molar-refractivity contribution < 1.29 is 18.8 Å². The van der Waals surface area contributed by atoms with Crippen molar-refractivity contribution in [3.05, 3.63) is 75.4 Å². The Hall–Kier alpha value is -2.64. The Kier molecular flexibility index (Phi) is 5.92. The van der Waals surface area contributed by atoms with Crippen LogP contribution in [0.5, 0.6) is 0 Å². The predicted octanol–water partition coefficient (Wildman–Crippen LogP) is 4.44. The largest absolute Gasteiger partial charge is 0.354 e. The van der Waals surface area contributed by atoms with Gasteiger partial charge in [0.2, 0.25) is 5.91 Å².